The molecule has 0 amide bonds. The van der Waals surface area contributed by atoms with Crippen molar-refractivity contribution in [1.29, 1.82) is 0 Å². The fraction of sp³-hybridized carbons (Fsp3) is 0.889. The standard InChI is InChI=1S/C36H58O4/c1-23(37)39-29-15-16-34(9)25-14-17-36(11)28-22-33(8,31(5,6)40-24(2)38)20-18-32(28,7)19-21-35(36,10)26(25)12-13-27(34)30(29,3)4/h27-29H,12-22H2,1-11H3/t27-,28+,29-,32+,33+,34+,35+,36-/m0/s1. The molecule has 0 aromatic rings. The molecule has 0 saturated heterocycles. The van der Waals surface area contributed by atoms with Crippen molar-refractivity contribution >= 4 is 11.9 Å². The molecular weight excluding hydrogens is 496 g/mol. The molecule has 0 aliphatic heterocycles. The molecule has 8 atom stereocenters. The Kier molecular flexibility index (Phi) is 6.85. The molecule has 0 aromatic carbocycles. The minimum absolute atomic E-state index is 0.0164. The van der Waals surface area contributed by atoms with E-state index < -0.39 is 5.60 Å². The van der Waals surface area contributed by atoms with Gasteiger partial charge in [-0.1, -0.05) is 59.6 Å². The Labute approximate surface area is 244 Å². The summed E-state index contributed by atoms with van der Waals surface area (Å²) in [5.41, 5.74) is 4.05. The summed E-state index contributed by atoms with van der Waals surface area (Å²) in [5, 5.41) is 0. The van der Waals surface area contributed by atoms with Gasteiger partial charge in [0, 0.05) is 24.7 Å². The minimum Gasteiger partial charge on any atom is -0.462 e. The lowest BCUT2D eigenvalue weighted by molar-refractivity contribution is -0.200. The number of esters is 2. The largest absolute Gasteiger partial charge is 0.462 e. The van der Waals surface area contributed by atoms with Gasteiger partial charge in [0.2, 0.25) is 0 Å². The van der Waals surface area contributed by atoms with Gasteiger partial charge < -0.3 is 9.47 Å². The van der Waals surface area contributed by atoms with E-state index in [1.165, 1.54) is 44.9 Å². The third-order valence-corrected chi connectivity index (χ3v) is 14.9. The van der Waals surface area contributed by atoms with Gasteiger partial charge in [0.25, 0.3) is 0 Å². The lowest BCUT2D eigenvalue weighted by Crippen LogP contribution is -2.63. The number of hydrogen-bond acceptors (Lipinski definition) is 4. The SMILES string of the molecule is CC(=O)O[C@H]1CC[C@]2(C)C3=C(CC[C@H]2C1(C)C)[C@@]1(C)CC[C@@]2(C)CC[C@@](C)(C(C)(C)OC(C)=O)C[C@H]2[C@]1(C)CC3. The molecule has 0 radical (unpaired) electrons. The van der Waals surface area contributed by atoms with E-state index in [-0.39, 0.29) is 45.1 Å². The maximum absolute atomic E-state index is 12.1. The van der Waals surface area contributed by atoms with E-state index in [0.717, 1.165) is 25.7 Å². The maximum atomic E-state index is 12.1. The molecule has 5 rings (SSSR count). The van der Waals surface area contributed by atoms with Gasteiger partial charge in [-0.3, -0.25) is 9.59 Å². The van der Waals surface area contributed by atoms with E-state index in [4.69, 9.17) is 9.47 Å². The Bertz CT molecular complexity index is 1120. The van der Waals surface area contributed by atoms with Gasteiger partial charge in [-0.25, -0.2) is 0 Å². The van der Waals surface area contributed by atoms with Crippen LogP contribution >= 0.6 is 0 Å². The number of carbonyl (C=O) groups is 2. The molecule has 40 heavy (non-hydrogen) atoms. The second kappa shape index (κ2) is 9.09. The highest BCUT2D eigenvalue weighted by molar-refractivity contribution is 5.66. The Morgan fingerprint density at radius 1 is 0.750 bits per heavy atom. The van der Waals surface area contributed by atoms with Crippen molar-refractivity contribution in [3.05, 3.63) is 11.1 Å². The molecule has 5 aliphatic rings. The van der Waals surface area contributed by atoms with Crippen LogP contribution in [0.5, 0.6) is 0 Å². The van der Waals surface area contributed by atoms with Gasteiger partial charge in [-0.2, -0.15) is 0 Å². The van der Waals surface area contributed by atoms with Gasteiger partial charge in [0.05, 0.1) is 0 Å². The van der Waals surface area contributed by atoms with Crippen LogP contribution in [0.25, 0.3) is 0 Å². The molecular formula is C36H58O4. The van der Waals surface area contributed by atoms with Gasteiger partial charge in [0.15, 0.2) is 0 Å². The Balaban J connectivity index is 1.52. The lowest BCUT2D eigenvalue weighted by Gasteiger charge is -2.70. The van der Waals surface area contributed by atoms with E-state index in [1.54, 1.807) is 25.0 Å². The number of carbonyl (C=O) groups excluding carboxylic acids is 2. The second-order valence-electron chi connectivity index (χ2n) is 17.2. The third kappa shape index (κ3) is 4.03. The summed E-state index contributed by atoms with van der Waals surface area (Å²) < 4.78 is 11.9. The first kappa shape index (κ1) is 30.1. The van der Waals surface area contributed by atoms with E-state index in [9.17, 15) is 9.59 Å². The maximum Gasteiger partial charge on any atom is 0.303 e. The van der Waals surface area contributed by atoms with Crippen LogP contribution in [0.4, 0.5) is 0 Å². The molecule has 3 saturated carbocycles. The summed E-state index contributed by atoms with van der Waals surface area (Å²) in [4.78, 5) is 24.0. The molecule has 4 heteroatoms. The number of rotatable bonds is 3. The summed E-state index contributed by atoms with van der Waals surface area (Å²) in [6, 6.07) is 0. The first-order valence-electron chi connectivity index (χ1n) is 16.4. The van der Waals surface area contributed by atoms with Crippen molar-refractivity contribution in [3.63, 3.8) is 0 Å². The average molecular weight is 555 g/mol. The van der Waals surface area contributed by atoms with E-state index in [0.29, 0.717) is 17.3 Å². The molecule has 0 unspecified atom stereocenters. The normalized spacial score (nSPS) is 46.3. The van der Waals surface area contributed by atoms with Crippen molar-refractivity contribution in [2.45, 2.75) is 158 Å². The van der Waals surface area contributed by atoms with Crippen LogP contribution in [0.15, 0.2) is 11.1 Å². The van der Waals surface area contributed by atoms with Crippen LogP contribution in [0, 0.1) is 44.3 Å². The molecule has 3 fully saturated rings. The monoisotopic (exact) mass is 554 g/mol. The number of ether oxygens (including phenoxy) is 2. The molecule has 0 N–H and O–H groups in total. The summed E-state index contributed by atoms with van der Waals surface area (Å²) >= 11 is 0. The highest BCUT2D eigenvalue weighted by Gasteiger charge is 2.67. The van der Waals surface area contributed by atoms with Crippen LogP contribution < -0.4 is 0 Å². The number of hydrogen-bond donors (Lipinski definition) is 0. The number of allylic oxidation sites excluding steroid dienone is 2. The van der Waals surface area contributed by atoms with Crippen molar-refractivity contribution in [2.24, 2.45) is 44.3 Å². The zero-order valence-corrected chi connectivity index (χ0v) is 27.6. The van der Waals surface area contributed by atoms with Crippen LogP contribution in [0.2, 0.25) is 0 Å². The van der Waals surface area contributed by atoms with Gasteiger partial charge in [0.1, 0.15) is 11.7 Å². The van der Waals surface area contributed by atoms with E-state index >= 15 is 0 Å². The molecule has 0 bridgehead atoms. The average Bonchev–Trinajstić information content (AvgIpc) is 2.82. The highest BCUT2D eigenvalue weighted by atomic mass is 16.6. The van der Waals surface area contributed by atoms with Crippen molar-refractivity contribution in [3.8, 4) is 0 Å². The second-order valence-corrected chi connectivity index (χ2v) is 17.2. The third-order valence-electron chi connectivity index (χ3n) is 14.9. The van der Waals surface area contributed by atoms with Crippen molar-refractivity contribution in [1.82, 2.24) is 0 Å². The fourth-order valence-electron chi connectivity index (χ4n) is 11.7. The predicted molar refractivity (Wildman–Crippen MR) is 161 cm³/mol. The first-order chi connectivity index (χ1) is 18.3. The Hall–Kier alpha value is -1.32. The van der Waals surface area contributed by atoms with E-state index in [1.807, 2.05) is 0 Å². The Morgan fingerprint density at radius 2 is 1.40 bits per heavy atom. The predicted octanol–water partition coefficient (Wildman–Crippen LogP) is 9.21. The van der Waals surface area contributed by atoms with Crippen LogP contribution in [-0.4, -0.2) is 23.6 Å². The fourth-order valence-corrected chi connectivity index (χ4v) is 11.7. The van der Waals surface area contributed by atoms with E-state index in [2.05, 4.69) is 62.3 Å². The lowest BCUT2D eigenvalue weighted by atomic mass is 9.35. The van der Waals surface area contributed by atoms with Crippen LogP contribution in [0.1, 0.15) is 147 Å². The summed E-state index contributed by atoms with van der Waals surface area (Å²) in [7, 11) is 0. The van der Waals surface area contributed by atoms with Gasteiger partial charge in [-0.15, -0.1) is 0 Å². The Morgan fingerprint density at radius 3 is 2.02 bits per heavy atom. The van der Waals surface area contributed by atoms with Crippen molar-refractivity contribution in [2.75, 3.05) is 0 Å². The smallest absolute Gasteiger partial charge is 0.303 e. The molecule has 0 heterocycles. The summed E-state index contributed by atoms with van der Waals surface area (Å²) in [6.07, 6.45) is 13.0. The zero-order chi connectivity index (χ0) is 29.7. The van der Waals surface area contributed by atoms with Gasteiger partial charge in [-0.05, 0) is 118 Å². The summed E-state index contributed by atoms with van der Waals surface area (Å²) in [6.45, 7) is 25.0. The molecule has 0 spiro atoms. The quantitative estimate of drug-likeness (QED) is 0.258. The number of fused-ring (bicyclic) bond motifs is 6. The molecule has 5 aliphatic carbocycles. The van der Waals surface area contributed by atoms with Crippen molar-refractivity contribution < 1.29 is 19.1 Å². The topological polar surface area (TPSA) is 52.6 Å². The summed E-state index contributed by atoms with van der Waals surface area (Å²) in [5.74, 6) is 0.854. The van der Waals surface area contributed by atoms with Crippen LogP contribution in [0.3, 0.4) is 0 Å². The minimum atomic E-state index is -0.471. The molecule has 4 nitrogen and oxygen atoms in total. The zero-order valence-electron chi connectivity index (χ0n) is 27.6. The molecule has 0 aromatic heterocycles. The first-order valence-corrected chi connectivity index (χ1v) is 16.4. The van der Waals surface area contributed by atoms with Gasteiger partial charge >= 0.3 is 11.9 Å². The highest BCUT2D eigenvalue weighted by Crippen LogP contribution is 2.75. The molecule has 226 valence electrons. The van der Waals surface area contributed by atoms with Crippen LogP contribution in [-0.2, 0) is 19.1 Å².